The van der Waals surface area contributed by atoms with Crippen LogP contribution in [0.5, 0.6) is 0 Å². The molecule has 8 rings (SSSR count). The number of fused-ring (bicyclic) bond motifs is 3. The summed E-state index contributed by atoms with van der Waals surface area (Å²) < 4.78 is 2.07. The number of carbonyl (C=O) groups is 2. The smallest absolute Gasteiger partial charge is 0.314 e. The SMILES string of the molecule is O=C(NCC1CC1)C(=O)Nc1nn([C@H]2[C@@H]3CC4C[C@H]2C[C@@](O)(C4)C3)c2c1cnc1[nH]ccc12. The van der Waals surface area contributed by atoms with Crippen molar-refractivity contribution in [2.45, 2.75) is 56.6 Å². The zero-order chi connectivity index (χ0) is 22.3. The number of nitrogens with one attached hydrogen (secondary N) is 3. The summed E-state index contributed by atoms with van der Waals surface area (Å²) in [6.45, 7) is 0.544. The first-order valence-electron chi connectivity index (χ1n) is 12.1. The van der Waals surface area contributed by atoms with Crippen LogP contribution < -0.4 is 10.6 Å². The van der Waals surface area contributed by atoms with Gasteiger partial charge >= 0.3 is 11.8 Å². The minimum Gasteiger partial charge on any atom is -0.390 e. The number of hydrogen-bond acceptors (Lipinski definition) is 5. The molecule has 33 heavy (non-hydrogen) atoms. The van der Waals surface area contributed by atoms with Crippen molar-refractivity contribution in [3.05, 3.63) is 18.5 Å². The van der Waals surface area contributed by atoms with Crippen LogP contribution in [0.25, 0.3) is 21.9 Å². The van der Waals surface area contributed by atoms with Crippen LogP contribution in [0.4, 0.5) is 5.82 Å². The molecule has 0 aromatic carbocycles. The van der Waals surface area contributed by atoms with E-state index in [0.717, 1.165) is 66.9 Å². The molecule has 9 heteroatoms. The number of anilines is 1. The van der Waals surface area contributed by atoms with Gasteiger partial charge in [-0.3, -0.25) is 14.3 Å². The Bertz CT molecular complexity index is 1270. The standard InChI is InChI=1S/C24H28N6O3/c31-22(27-10-12-1-2-12)23(32)28-21-17-11-26-20-16(3-4-25-20)19(17)30(29-21)18-14-5-13-6-15(18)9-24(33,7-13)8-14/h3-4,11-15,18,33H,1-2,5-10H2,(H,25,26)(H,27,31)(H,28,29,32)/t13?,14-,15+,18+,24-. The fourth-order valence-electron chi connectivity index (χ4n) is 7.09. The van der Waals surface area contributed by atoms with E-state index in [9.17, 15) is 14.7 Å². The number of hydrogen-bond donors (Lipinski definition) is 4. The predicted octanol–water partition coefficient (Wildman–Crippen LogP) is 2.49. The summed E-state index contributed by atoms with van der Waals surface area (Å²) in [5.74, 6) is 0.856. The Labute approximate surface area is 190 Å². The molecule has 0 radical (unpaired) electrons. The van der Waals surface area contributed by atoms with E-state index in [1.807, 2.05) is 12.3 Å². The lowest BCUT2D eigenvalue weighted by Gasteiger charge is -2.57. The number of pyridine rings is 1. The van der Waals surface area contributed by atoms with Gasteiger partial charge in [0.25, 0.3) is 0 Å². The van der Waals surface area contributed by atoms with Crippen molar-refractivity contribution in [3.8, 4) is 0 Å². The summed E-state index contributed by atoms with van der Waals surface area (Å²) >= 11 is 0. The molecule has 5 fully saturated rings. The maximum absolute atomic E-state index is 12.6. The molecular weight excluding hydrogens is 420 g/mol. The van der Waals surface area contributed by atoms with Crippen molar-refractivity contribution in [1.29, 1.82) is 0 Å². The van der Waals surface area contributed by atoms with Gasteiger partial charge in [0.2, 0.25) is 0 Å². The van der Waals surface area contributed by atoms with Gasteiger partial charge in [-0.1, -0.05) is 0 Å². The fraction of sp³-hybridized carbons (Fsp3) is 0.583. The molecule has 3 aromatic heterocycles. The molecule has 5 aliphatic carbocycles. The topological polar surface area (TPSA) is 125 Å². The number of amides is 2. The van der Waals surface area contributed by atoms with Gasteiger partial charge in [-0.15, -0.1) is 0 Å². The summed E-state index contributed by atoms with van der Waals surface area (Å²) in [5.41, 5.74) is 1.17. The van der Waals surface area contributed by atoms with E-state index < -0.39 is 17.4 Å². The van der Waals surface area contributed by atoms with Gasteiger partial charge in [0.15, 0.2) is 5.82 Å². The van der Waals surface area contributed by atoms with Crippen LogP contribution >= 0.6 is 0 Å². The molecule has 9 nitrogen and oxygen atoms in total. The zero-order valence-corrected chi connectivity index (χ0v) is 18.4. The highest BCUT2D eigenvalue weighted by molar-refractivity contribution is 6.40. The van der Waals surface area contributed by atoms with Crippen molar-refractivity contribution in [2.24, 2.45) is 23.7 Å². The van der Waals surface area contributed by atoms with Gasteiger partial charge < -0.3 is 20.7 Å². The molecule has 2 amide bonds. The highest BCUT2D eigenvalue weighted by Gasteiger charge is 2.55. The molecule has 1 unspecified atom stereocenters. The second-order valence-electron chi connectivity index (χ2n) is 10.8. The average molecular weight is 449 g/mol. The Kier molecular flexibility index (Phi) is 4.02. The Morgan fingerprint density at radius 2 is 1.94 bits per heavy atom. The van der Waals surface area contributed by atoms with E-state index in [4.69, 9.17) is 5.10 Å². The molecule has 4 bridgehead atoms. The quantitative estimate of drug-likeness (QED) is 0.457. The summed E-state index contributed by atoms with van der Waals surface area (Å²) in [6, 6.07) is 2.15. The lowest BCUT2D eigenvalue weighted by Crippen LogP contribution is -2.55. The first-order chi connectivity index (χ1) is 16.0. The molecular formula is C24H28N6O3. The molecule has 5 atom stereocenters. The molecule has 4 N–H and O–H groups in total. The number of H-pyrrole nitrogens is 1. The normalized spacial score (nSPS) is 32.5. The van der Waals surface area contributed by atoms with Crippen molar-refractivity contribution >= 4 is 39.6 Å². The van der Waals surface area contributed by atoms with Crippen LogP contribution in [0.1, 0.15) is 51.0 Å². The predicted molar refractivity (Wildman–Crippen MR) is 121 cm³/mol. The van der Waals surface area contributed by atoms with Crippen LogP contribution in [0.2, 0.25) is 0 Å². The van der Waals surface area contributed by atoms with E-state index in [1.54, 1.807) is 6.20 Å². The third-order valence-electron chi connectivity index (χ3n) is 8.41. The molecule has 0 aliphatic heterocycles. The van der Waals surface area contributed by atoms with Crippen LogP contribution in [0, 0.1) is 23.7 Å². The molecule has 3 heterocycles. The number of carbonyl (C=O) groups excluding carboxylic acids is 2. The molecule has 5 saturated carbocycles. The second kappa shape index (κ2) is 6.79. The van der Waals surface area contributed by atoms with Crippen molar-refractivity contribution in [3.63, 3.8) is 0 Å². The third kappa shape index (κ3) is 3.08. The van der Waals surface area contributed by atoms with Gasteiger partial charge in [-0.2, -0.15) is 5.10 Å². The largest absolute Gasteiger partial charge is 0.390 e. The number of aromatic nitrogens is 4. The molecule has 5 aliphatic rings. The monoisotopic (exact) mass is 448 g/mol. The third-order valence-corrected chi connectivity index (χ3v) is 8.41. The van der Waals surface area contributed by atoms with Crippen molar-refractivity contribution in [1.82, 2.24) is 25.1 Å². The Balaban J connectivity index is 1.28. The minimum atomic E-state index is -0.698. The van der Waals surface area contributed by atoms with Crippen LogP contribution in [-0.4, -0.2) is 48.8 Å². The molecule has 0 saturated heterocycles. The lowest BCUT2D eigenvalue weighted by atomic mass is 9.52. The Morgan fingerprint density at radius 3 is 2.67 bits per heavy atom. The van der Waals surface area contributed by atoms with E-state index in [1.165, 1.54) is 0 Å². The van der Waals surface area contributed by atoms with Crippen LogP contribution in [0.15, 0.2) is 18.5 Å². The maximum Gasteiger partial charge on any atom is 0.314 e. The lowest BCUT2D eigenvalue weighted by molar-refractivity contribution is -0.148. The van der Waals surface area contributed by atoms with Crippen molar-refractivity contribution < 1.29 is 14.7 Å². The minimum absolute atomic E-state index is 0.166. The van der Waals surface area contributed by atoms with Crippen LogP contribution in [0.3, 0.4) is 0 Å². The van der Waals surface area contributed by atoms with E-state index in [0.29, 0.717) is 36.0 Å². The maximum atomic E-state index is 12.6. The highest BCUT2D eigenvalue weighted by atomic mass is 16.3. The Morgan fingerprint density at radius 1 is 1.15 bits per heavy atom. The van der Waals surface area contributed by atoms with Gasteiger partial charge in [0.05, 0.1) is 22.5 Å². The van der Waals surface area contributed by atoms with Gasteiger partial charge in [0.1, 0.15) is 5.65 Å². The molecule has 172 valence electrons. The van der Waals surface area contributed by atoms with Gasteiger partial charge in [0, 0.05) is 24.3 Å². The van der Waals surface area contributed by atoms with E-state index >= 15 is 0 Å². The molecule has 3 aromatic rings. The number of rotatable bonds is 4. The number of aromatic amines is 1. The molecule has 0 spiro atoms. The summed E-state index contributed by atoms with van der Waals surface area (Å²) in [6.07, 6.45) is 10.5. The fourth-order valence-corrected chi connectivity index (χ4v) is 7.09. The van der Waals surface area contributed by atoms with Gasteiger partial charge in [-0.05, 0) is 74.7 Å². The van der Waals surface area contributed by atoms with Crippen molar-refractivity contribution in [2.75, 3.05) is 11.9 Å². The zero-order valence-electron chi connectivity index (χ0n) is 18.4. The number of aliphatic hydroxyl groups is 1. The first-order valence-corrected chi connectivity index (χ1v) is 12.1. The van der Waals surface area contributed by atoms with Crippen LogP contribution in [-0.2, 0) is 9.59 Å². The van der Waals surface area contributed by atoms with E-state index in [-0.39, 0.29) is 6.04 Å². The summed E-state index contributed by atoms with van der Waals surface area (Å²) in [4.78, 5) is 32.6. The second-order valence-corrected chi connectivity index (χ2v) is 10.8. The highest BCUT2D eigenvalue weighted by Crippen LogP contribution is 2.60. The summed E-state index contributed by atoms with van der Waals surface area (Å²) in [7, 11) is 0. The Hall–Kier alpha value is -2.94. The number of nitrogens with zero attached hydrogens (tertiary/aromatic N) is 3. The first kappa shape index (κ1) is 19.5. The van der Waals surface area contributed by atoms with E-state index in [2.05, 4.69) is 25.3 Å². The van der Waals surface area contributed by atoms with Gasteiger partial charge in [-0.25, -0.2) is 4.98 Å². The summed E-state index contributed by atoms with van der Waals surface area (Å²) in [5, 5.41) is 23.1. The average Bonchev–Trinajstić information content (AvgIpc) is 3.35.